The third-order valence-electron chi connectivity index (χ3n) is 3.55. The lowest BCUT2D eigenvalue weighted by Gasteiger charge is -2.31. The average molecular weight is 251 g/mol. The first-order chi connectivity index (χ1) is 8.41. The van der Waals surface area contributed by atoms with Gasteiger partial charge in [-0.25, -0.2) is 4.79 Å². The van der Waals surface area contributed by atoms with Crippen molar-refractivity contribution in [3.05, 3.63) is 11.6 Å². The van der Waals surface area contributed by atoms with Crippen molar-refractivity contribution in [1.82, 2.24) is 15.5 Å². The number of carbonyl (C=O) groups is 3. The molecule has 1 fully saturated rings. The van der Waals surface area contributed by atoms with Gasteiger partial charge < -0.3 is 10.2 Å². The molecule has 0 aromatic rings. The van der Waals surface area contributed by atoms with Gasteiger partial charge in [0.05, 0.1) is 17.9 Å². The van der Waals surface area contributed by atoms with Crippen LogP contribution in [0.5, 0.6) is 0 Å². The number of carbonyl (C=O) groups excluding carboxylic acids is 3. The standard InChI is InChI=1S/C12H17N3O3/c1-6-4-5-7-8(11(17)14-10(7)16)9(6)13-12(18)15(2)3/h4,7-9H,5H2,1-3H3,(H,13,18)(H,14,16,17)/t7-,8-,9+/m0/s1. The number of hydrogen-bond acceptors (Lipinski definition) is 3. The van der Waals surface area contributed by atoms with E-state index in [-0.39, 0.29) is 23.8 Å². The first-order valence-electron chi connectivity index (χ1n) is 5.91. The van der Waals surface area contributed by atoms with E-state index >= 15 is 0 Å². The van der Waals surface area contributed by atoms with E-state index in [1.807, 2.05) is 13.0 Å². The maximum Gasteiger partial charge on any atom is 0.317 e. The lowest BCUT2D eigenvalue weighted by Crippen LogP contribution is -2.50. The predicted molar refractivity (Wildman–Crippen MR) is 64.5 cm³/mol. The maximum atomic E-state index is 11.8. The van der Waals surface area contributed by atoms with Crippen molar-refractivity contribution in [2.24, 2.45) is 11.8 Å². The van der Waals surface area contributed by atoms with E-state index in [0.29, 0.717) is 6.42 Å². The molecule has 1 heterocycles. The van der Waals surface area contributed by atoms with E-state index in [0.717, 1.165) is 5.57 Å². The molecule has 0 unspecified atom stereocenters. The number of fused-ring (bicyclic) bond motifs is 1. The molecule has 3 atom stereocenters. The summed E-state index contributed by atoms with van der Waals surface area (Å²) in [5, 5.41) is 5.13. The van der Waals surface area contributed by atoms with E-state index < -0.39 is 12.0 Å². The van der Waals surface area contributed by atoms with Gasteiger partial charge in [-0.1, -0.05) is 11.6 Å². The van der Waals surface area contributed by atoms with Crippen LogP contribution in [0.25, 0.3) is 0 Å². The second-order valence-electron chi connectivity index (χ2n) is 4.99. The van der Waals surface area contributed by atoms with E-state index in [2.05, 4.69) is 10.6 Å². The van der Waals surface area contributed by atoms with Crippen LogP contribution in [0.2, 0.25) is 0 Å². The third-order valence-corrected chi connectivity index (χ3v) is 3.55. The molecule has 1 aliphatic heterocycles. The molecule has 1 aliphatic carbocycles. The van der Waals surface area contributed by atoms with Crippen LogP contribution < -0.4 is 10.6 Å². The summed E-state index contributed by atoms with van der Waals surface area (Å²) in [4.78, 5) is 36.5. The van der Waals surface area contributed by atoms with Crippen molar-refractivity contribution in [1.29, 1.82) is 0 Å². The molecule has 0 saturated carbocycles. The summed E-state index contributed by atoms with van der Waals surface area (Å²) in [6.45, 7) is 1.87. The molecule has 18 heavy (non-hydrogen) atoms. The van der Waals surface area contributed by atoms with Crippen LogP contribution in [0, 0.1) is 11.8 Å². The van der Waals surface area contributed by atoms with E-state index in [1.54, 1.807) is 14.1 Å². The lowest BCUT2D eigenvalue weighted by molar-refractivity contribution is -0.126. The molecule has 2 N–H and O–H groups in total. The third kappa shape index (κ3) is 1.98. The SMILES string of the molecule is CC1=CC[C@@H]2C(=O)NC(=O)[C@@H]2[C@@H]1NC(=O)N(C)C. The van der Waals surface area contributed by atoms with Crippen LogP contribution in [0.1, 0.15) is 13.3 Å². The van der Waals surface area contributed by atoms with Crippen LogP contribution >= 0.6 is 0 Å². The Morgan fingerprint density at radius 2 is 2.06 bits per heavy atom. The highest BCUT2D eigenvalue weighted by molar-refractivity contribution is 6.06. The Morgan fingerprint density at radius 3 is 2.67 bits per heavy atom. The van der Waals surface area contributed by atoms with Crippen molar-refractivity contribution in [3.63, 3.8) is 0 Å². The maximum absolute atomic E-state index is 11.8. The smallest absolute Gasteiger partial charge is 0.317 e. The predicted octanol–water partition coefficient (Wildman–Crippen LogP) is -0.135. The van der Waals surface area contributed by atoms with Gasteiger partial charge in [-0.05, 0) is 13.3 Å². The molecule has 1 saturated heterocycles. The number of urea groups is 1. The second-order valence-corrected chi connectivity index (χ2v) is 4.99. The summed E-state index contributed by atoms with van der Waals surface area (Å²) >= 11 is 0. The molecule has 0 aromatic carbocycles. The summed E-state index contributed by atoms with van der Waals surface area (Å²) in [5.41, 5.74) is 0.927. The van der Waals surface area contributed by atoms with Gasteiger partial charge >= 0.3 is 6.03 Å². The van der Waals surface area contributed by atoms with Crippen LogP contribution in [-0.4, -0.2) is 42.9 Å². The Morgan fingerprint density at radius 1 is 1.39 bits per heavy atom. The van der Waals surface area contributed by atoms with Gasteiger partial charge in [0.25, 0.3) is 0 Å². The van der Waals surface area contributed by atoms with Gasteiger partial charge in [0.1, 0.15) is 0 Å². The van der Waals surface area contributed by atoms with Crippen LogP contribution in [-0.2, 0) is 9.59 Å². The number of allylic oxidation sites excluding steroid dienone is 1. The van der Waals surface area contributed by atoms with Gasteiger partial charge in [-0.2, -0.15) is 0 Å². The first kappa shape index (κ1) is 12.6. The summed E-state index contributed by atoms with van der Waals surface area (Å²) in [7, 11) is 3.27. The zero-order chi connectivity index (χ0) is 13.4. The summed E-state index contributed by atoms with van der Waals surface area (Å²) in [6, 6.07) is -0.661. The van der Waals surface area contributed by atoms with Crippen molar-refractivity contribution in [2.45, 2.75) is 19.4 Å². The zero-order valence-electron chi connectivity index (χ0n) is 10.7. The number of imide groups is 1. The number of nitrogens with one attached hydrogen (secondary N) is 2. The zero-order valence-corrected chi connectivity index (χ0v) is 10.7. The van der Waals surface area contributed by atoms with Crippen LogP contribution in [0.3, 0.4) is 0 Å². The minimum atomic E-state index is -0.480. The lowest BCUT2D eigenvalue weighted by atomic mass is 9.78. The molecule has 0 bridgehead atoms. The highest BCUT2D eigenvalue weighted by atomic mass is 16.2. The number of rotatable bonds is 1. The molecule has 4 amide bonds. The average Bonchev–Trinajstić information content (AvgIpc) is 2.58. The number of hydrogen-bond donors (Lipinski definition) is 2. The van der Waals surface area contributed by atoms with Crippen LogP contribution in [0.4, 0.5) is 4.79 Å². The Labute approximate surface area is 105 Å². The van der Waals surface area contributed by atoms with E-state index in [4.69, 9.17) is 0 Å². The molecular formula is C12H17N3O3. The van der Waals surface area contributed by atoms with Gasteiger partial charge in [0.15, 0.2) is 0 Å². The van der Waals surface area contributed by atoms with Crippen molar-refractivity contribution < 1.29 is 14.4 Å². The summed E-state index contributed by atoms with van der Waals surface area (Å²) < 4.78 is 0. The Bertz CT molecular complexity index is 442. The minimum Gasteiger partial charge on any atom is -0.331 e. The minimum absolute atomic E-state index is 0.238. The molecule has 98 valence electrons. The summed E-state index contributed by atoms with van der Waals surface area (Å²) in [5.74, 6) is -1.36. The fraction of sp³-hybridized carbons (Fsp3) is 0.583. The van der Waals surface area contributed by atoms with Gasteiger partial charge in [-0.15, -0.1) is 0 Å². The normalized spacial score (nSPS) is 30.4. The quantitative estimate of drug-likeness (QED) is 0.503. The first-order valence-corrected chi connectivity index (χ1v) is 5.91. The number of nitrogens with zero attached hydrogens (tertiary/aromatic N) is 1. The summed E-state index contributed by atoms with van der Waals surface area (Å²) in [6.07, 6.45) is 2.47. The molecule has 0 radical (unpaired) electrons. The van der Waals surface area contributed by atoms with Crippen molar-refractivity contribution >= 4 is 17.8 Å². The van der Waals surface area contributed by atoms with Gasteiger partial charge in [0, 0.05) is 14.1 Å². The Balaban J connectivity index is 2.24. The highest BCUT2D eigenvalue weighted by Gasteiger charge is 2.48. The van der Waals surface area contributed by atoms with E-state index in [1.165, 1.54) is 4.90 Å². The highest BCUT2D eigenvalue weighted by Crippen LogP contribution is 2.34. The topological polar surface area (TPSA) is 78.5 Å². The Kier molecular flexibility index (Phi) is 3.11. The van der Waals surface area contributed by atoms with Crippen molar-refractivity contribution in [3.8, 4) is 0 Å². The molecule has 2 aliphatic rings. The fourth-order valence-corrected chi connectivity index (χ4v) is 2.47. The fourth-order valence-electron chi connectivity index (χ4n) is 2.47. The van der Waals surface area contributed by atoms with Gasteiger partial charge in [0.2, 0.25) is 11.8 Å². The van der Waals surface area contributed by atoms with Crippen molar-refractivity contribution in [2.75, 3.05) is 14.1 Å². The molecule has 6 heteroatoms. The molecular weight excluding hydrogens is 234 g/mol. The van der Waals surface area contributed by atoms with E-state index in [9.17, 15) is 14.4 Å². The Hall–Kier alpha value is -1.85. The monoisotopic (exact) mass is 251 g/mol. The van der Waals surface area contributed by atoms with Crippen LogP contribution in [0.15, 0.2) is 11.6 Å². The molecule has 0 aromatic heterocycles. The molecule has 0 spiro atoms. The largest absolute Gasteiger partial charge is 0.331 e. The molecule has 2 rings (SSSR count). The number of amides is 4. The van der Waals surface area contributed by atoms with Gasteiger partial charge in [-0.3, -0.25) is 14.9 Å². The second kappa shape index (κ2) is 4.44. The molecule has 6 nitrogen and oxygen atoms in total.